The number of nitrogens with zero attached hydrogens (tertiary/aromatic N) is 2. The highest BCUT2D eigenvalue weighted by Gasteiger charge is 2.62. The molecule has 2 heterocycles. The number of hydrogen-bond donors (Lipinski definition) is 5. The van der Waals surface area contributed by atoms with Gasteiger partial charge in [0, 0.05) is 23.6 Å². The first-order valence-corrected chi connectivity index (χ1v) is 15.9. The summed E-state index contributed by atoms with van der Waals surface area (Å²) in [6.07, 6.45) is 3.80. The number of para-hydroxylation sites is 1. The second kappa shape index (κ2) is 11.7. The second-order valence-corrected chi connectivity index (χ2v) is 12.9. The van der Waals surface area contributed by atoms with Crippen molar-refractivity contribution in [2.24, 2.45) is 29.6 Å². The van der Waals surface area contributed by atoms with Crippen molar-refractivity contribution in [3.05, 3.63) is 101 Å². The van der Waals surface area contributed by atoms with Gasteiger partial charge in [-0.25, -0.2) is 19.4 Å². The molecule has 7 rings (SSSR count). The van der Waals surface area contributed by atoms with Gasteiger partial charge in [0.15, 0.2) is 0 Å². The van der Waals surface area contributed by atoms with E-state index < -0.39 is 93.7 Å². The van der Waals surface area contributed by atoms with Gasteiger partial charge < -0.3 is 25.5 Å². The fraction of sp³-hybridized carbons (Fsp3) is 0.243. The number of anilines is 2. The van der Waals surface area contributed by atoms with Crippen LogP contribution in [0.5, 0.6) is 17.2 Å². The zero-order valence-electron chi connectivity index (χ0n) is 26.2. The van der Waals surface area contributed by atoms with Gasteiger partial charge in [-0.2, -0.15) is 0 Å². The number of phenolic OH excluding ortho intramolecular Hbond substituents is 1. The maximum Gasteiger partial charge on any atom is 0.339 e. The Labute approximate surface area is 284 Å². The van der Waals surface area contributed by atoms with Crippen molar-refractivity contribution < 1.29 is 54.3 Å². The van der Waals surface area contributed by atoms with Gasteiger partial charge in [-0.15, -0.1) is 6.58 Å². The summed E-state index contributed by atoms with van der Waals surface area (Å²) in [5, 5.41) is 51.0. The topological polar surface area (TPSA) is 210 Å². The zero-order valence-corrected chi connectivity index (χ0v) is 26.2. The average molecular weight is 679 g/mol. The first-order valence-electron chi connectivity index (χ1n) is 15.9. The van der Waals surface area contributed by atoms with E-state index in [0.29, 0.717) is 23.1 Å². The summed E-state index contributed by atoms with van der Waals surface area (Å²) in [5.74, 6) is -12.1. The highest BCUT2D eigenvalue weighted by atomic mass is 16.4. The molecule has 3 aromatic carbocycles. The number of benzene rings is 3. The number of aromatic carboxylic acids is 2. The van der Waals surface area contributed by atoms with Crippen LogP contribution in [-0.2, 0) is 25.6 Å². The Balaban J connectivity index is 1.34. The number of aromatic hydroxyl groups is 3. The molecular weight excluding hydrogens is 648 g/mol. The fourth-order valence-electron chi connectivity index (χ4n) is 8.31. The Kier molecular flexibility index (Phi) is 7.58. The Bertz CT molecular complexity index is 2100. The van der Waals surface area contributed by atoms with Crippen molar-refractivity contribution in [1.29, 1.82) is 0 Å². The Morgan fingerprint density at radius 3 is 1.84 bits per heavy atom. The predicted molar refractivity (Wildman–Crippen MR) is 175 cm³/mol. The quantitative estimate of drug-likeness (QED) is 0.178. The van der Waals surface area contributed by atoms with Crippen LogP contribution in [0.4, 0.5) is 11.4 Å². The molecular formula is C37H30N2O11. The van der Waals surface area contributed by atoms with Crippen LogP contribution in [0.2, 0.25) is 0 Å². The maximum atomic E-state index is 14.3. The zero-order chi connectivity index (χ0) is 35.8. The van der Waals surface area contributed by atoms with E-state index in [2.05, 4.69) is 6.58 Å². The highest BCUT2D eigenvalue weighted by Crippen LogP contribution is 2.59. The molecule has 2 saturated heterocycles. The number of imide groups is 2. The Morgan fingerprint density at radius 2 is 1.30 bits per heavy atom. The highest BCUT2D eigenvalue weighted by molar-refractivity contribution is 6.24. The third-order valence-corrected chi connectivity index (χ3v) is 10.4. The van der Waals surface area contributed by atoms with Gasteiger partial charge in [-0.1, -0.05) is 35.9 Å². The molecule has 3 aromatic rings. The first-order chi connectivity index (χ1) is 23.8. The molecule has 0 aromatic heterocycles. The van der Waals surface area contributed by atoms with Crippen molar-refractivity contribution >= 4 is 46.9 Å². The molecule has 13 heteroatoms. The first kappa shape index (κ1) is 32.3. The Hall–Kier alpha value is -6.24. The average Bonchev–Trinajstić information content (AvgIpc) is 3.48. The SMILES string of the molecule is C=CCc1cccc([C@H]2C3=CC[C@@H]4C(=O)N(c5ccc(C(=O)O)c(O)c5)C(=O)[C@@H]4[C@@H]3C[C@H]3C(=O)N(c4ccc(C(=O)O)c(O)c4)C(=O)[C@@H]23)c1O. The Morgan fingerprint density at radius 1 is 0.740 bits per heavy atom. The number of carboxylic acid groups (broad SMARTS) is 2. The molecule has 1 saturated carbocycles. The molecule has 0 spiro atoms. The summed E-state index contributed by atoms with van der Waals surface area (Å²) < 4.78 is 0. The van der Waals surface area contributed by atoms with Crippen LogP contribution >= 0.6 is 0 Å². The van der Waals surface area contributed by atoms with E-state index in [1.54, 1.807) is 30.4 Å². The van der Waals surface area contributed by atoms with E-state index in [4.69, 9.17) is 0 Å². The summed E-state index contributed by atoms with van der Waals surface area (Å²) in [5.41, 5.74) is 0.597. The van der Waals surface area contributed by atoms with Crippen molar-refractivity contribution in [2.75, 3.05) is 9.80 Å². The van der Waals surface area contributed by atoms with Crippen LogP contribution < -0.4 is 9.80 Å². The van der Waals surface area contributed by atoms with E-state index in [9.17, 15) is 54.3 Å². The maximum absolute atomic E-state index is 14.3. The van der Waals surface area contributed by atoms with Gasteiger partial charge in [0.05, 0.1) is 35.0 Å². The number of allylic oxidation sites excluding steroid dienone is 3. The molecule has 0 bridgehead atoms. The lowest BCUT2D eigenvalue weighted by Crippen LogP contribution is -2.43. The van der Waals surface area contributed by atoms with E-state index in [0.717, 1.165) is 34.1 Å². The van der Waals surface area contributed by atoms with Crippen molar-refractivity contribution in [1.82, 2.24) is 0 Å². The van der Waals surface area contributed by atoms with Crippen molar-refractivity contribution in [2.45, 2.75) is 25.2 Å². The third kappa shape index (κ3) is 4.68. The number of phenols is 3. The summed E-state index contributed by atoms with van der Waals surface area (Å²) in [4.78, 5) is 81.4. The molecule has 3 fully saturated rings. The molecule has 0 radical (unpaired) electrons. The number of amides is 4. The van der Waals surface area contributed by atoms with Crippen LogP contribution in [0.25, 0.3) is 0 Å². The van der Waals surface area contributed by atoms with Crippen molar-refractivity contribution in [3.8, 4) is 17.2 Å². The van der Waals surface area contributed by atoms with Crippen LogP contribution in [0, 0.1) is 29.6 Å². The van der Waals surface area contributed by atoms with Gasteiger partial charge in [0.25, 0.3) is 0 Å². The molecule has 13 nitrogen and oxygen atoms in total. The second-order valence-electron chi connectivity index (χ2n) is 12.9. The minimum absolute atomic E-state index is 0.00238. The van der Waals surface area contributed by atoms with Crippen molar-refractivity contribution in [3.63, 3.8) is 0 Å². The molecule has 6 atom stereocenters. The minimum atomic E-state index is -1.40. The van der Waals surface area contributed by atoms with E-state index >= 15 is 0 Å². The molecule has 0 unspecified atom stereocenters. The van der Waals surface area contributed by atoms with Crippen LogP contribution in [0.15, 0.2) is 78.9 Å². The lowest BCUT2D eigenvalue weighted by molar-refractivity contribution is -0.126. The molecule has 50 heavy (non-hydrogen) atoms. The van der Waals surface area contributed by atoms with Gasteiger partial charge >= 0.3 is 11.9 Å². The third-order valence-electron chi connectivity index (χ3n) is 10.4. The van der Waals surface area contributed by atoms with Gasteiger partial charge in [-0.05, 0) is 55.0 Å². The number of carbonyl (C=O) groups is 6. The lowest BCUT2D eigenvalue weighted by atomic mass is 9.57. The van der Waals surface area contributed by atoms with Crippen LogP contribution in [-0.4, -0.2) is 61.1 Å². The summed E-state index contributed by atoms with van der Waals surface area (Å²) >= 11 is 0. The van der Waals surface area contributed by atoms with Crippen LogP contribution in [0.3, 0.4) is 0 Å². The van der Waals surface area contributed by atoms with E-state index in [1.165, 1.54) is 12.1 Å². The minimum Gasteiger partial charge on any atom is -0.507 e. The molecule has 4 amide bonds. The number of carboxylic acids is 2. The standard InChI is InChI=1S/C37H30N2O11/c1-2-4-16-5-3-6-22(31(16)42)28-19-11-12-23-29(34(45)38(32(23)43)17-7-9-20(36(47)48)26(40)13-17)24(19)15-25-30(28)35(46)39(33(25)44)18-8-10-21(37(49)50)27(41)14-18/h2-3,5-11,13-14,23-25,28-30,40-42H,1,4,12,15H2,(H,47,48)(H,49,50)/t23-,24+,25+,28+,29-,30+/m0/s1. The van der Waals surface area contributed by atoms with E-state index in [-0.39, 0.29) is 30.0 Å². The summed E-state index contributed by atoms with van der Waals surface area (Å²) in [6, 6.07) is 11.8. The smallest absolute Gasteiger partial charge is 0.339 e. The normalized spacial score (nSPS) is 25.6. The molecule has 5 N–H and O–H groups in total. The van der Waals surface area contributed by atoms with Gasteiger partial charge in [0.2, 0.25) is 23.6 Å². The predicted octanol–water partition coefficient (Wildman–Crippen LogP) is 3.97. The number of rotatable bonds is 7. The number of hydrogen-bond acceptors (Lipinski definition) is 9. The van der Waals surface area contributed by atoms with E-state index in [1.807, 2.05) is 0 Å². The molecule has 254 valence electrons. The largest absolute Gasteiger partial charge is 0.507 e. The van der Waals surface area contributed by atoms with Gasteiger partial charge in [0.1, 0.15) is 28.4 Å². The molecule has 2 aliphatic carbocycles. The summed E-state index contributed by atoms with van der Waals surface area (Å²) in [6.45, 7) is 3.75. The number of fused-ring (bicyclic) bond motifs is 4. The monoisotopic (exact) mass is 678 g/mol. The fourth-order valence-corrected chi connectivity index (χ4v) is 8.31. The number of carbonyl (C=O) groups excluding carboxylic acids is 4. The lowest BCUT2D eigenvalue weighted by Gasteiger charge is -2.44. The molecule has 2 aliphatic heterocycles. The molecule has 4 aliphatic rings. The van der Waals surface area contributed by atoms with Gasteiger partial charge in [-0.3, -0.25) is 19.2 Å². The van der Waals surface area contributed by atoms with Crippen LogP contribution in [0.1, 0.15) is 50.6 Å². The summed E-state index contributed by atoms with van der Waals surface area (Å²) in [7, 11) is 0.